The van der Waals surface area contributed by atoms with Gasteiger partial charge in [0, 0.05) is 12.1 Å². The second kappa shape index (κ2) is 2.42. The van der Waals surface area contributed by atoms with E-state index in [1.165, 1.54) is 12.8 Å². The van der Waals surface area contributed by atoms with Gasteiger partial charge < -0.3 is 4.42 Å². The first-order valence-electron chi connectivity index (χ1n) is 4.26. The Bertz CT molecular complexity index is 401. The van der Waals surface area contributed by atoms with Gasteiger partial charge in [-0.05, 0) is 18.9 Å². The van der Waals surface area contributed by atoms with Gasteiger partial charge in [-0.1, -0.05) is 0 Å². The average molecular weight is 176 g/mol. The molecule has 0 bridgehead atoms. The van der Waals surface area contributed by atoms with E-state index in [1.807, 2.05) is 6.07 Å². The molecule has 5 heteroatoms. The summed E-state index contributed by atoms with van der Waals surface area (Å²) in [5.41, 5.74) is 0.777. The van der Waals surface area contributed by atoms with Crippen molar-refractivity contribution in [3.8, 4) is 11.6 Å². The molecule has 1 fully saturated rings. The molecule has 0 unspecified atom stereocenters. The zero-order valence-corrected chi connectivity index (χ0v) is 6.90. The lowest BCUT2D eigenvalue weighted by atomic mass is 10.4. The van der Waals surface area contributed by atoms with E-state index in [2.05, 4.69) is 20.4 Å². The van der Waals surface area contributed by atoms with Gasteiger partial charge in [0.25, 0.3) is 5.89 Å². The molecule has 13 heavy (non-hydrogen) atoms. The Kier molecular flexibility index (Phi) is 1.27. The van der Waals surface area contributed by atoms with E-state index in [4.69, 9.17) is 4.42 Å². The summed E-state index contributed by atoms with van der Waals surface area (Å²) in [6.45, 7) is 0. The van der Waals surface area contributed by atoms with Gasteiger partial charge in [-0.2, -0.15) is 5.10 Å². The highest BCUT2D eigenvalue weighted by Crippen LogP contribution is 2.39. The second-order valence-corrected chi connectivity index (χ2v) is 3.19. The molecule has 2 aromatic heterocycles. The Balaban J connectivity index is 1.97. The van der Waals surface area contributed by atoms with Crippen LogP contribution in [0.15, 0.2) is 16.7 Å². The number of hydrogen-bond donors (Lipinski definition) is 1. The van der Waals surface area contributed by atoms with Crippen LogP contribution in [0.2, 0.25) is 0 Å². The molecule has 0 amide bonds. The maximum Gasteiger partial charge on any atom is 0.265 e. The summed E-state index contributed by atoms with van der Waals surface area (Å²) < 4.78 is 5.46. The van der Waals surface area contributed by atoms with E-state index >= 15 is 0 Å². The lowest BCUT2D eigenvalue weighted by Crippen LogP contribution is -1.77. The molecule has 2 heterocycles. The second-order valence-electron chi connectivity index (χ2n) is 3.19. The van der Waals surface area contributed by atoms with E-state index in [0.717, 1.165) is 11.6 Å². The zero-order chi connectivity index (χ0) is 8.67. The van der Waals surface area contributed by atoms with E-state index in [1.54, 1.807) is 6.20 Å². The molecule has 0 radical (unpaired) electrons. The molecule has 0 atom stereocenters. The van der Waals surface area contributed by atoms with Crippen molar-refractivity contribution in [2.24, 2.45) is 0 Å². The fourth-order valence-corrected chi connectivity index (χ4v) is 1.21. The first-order valence-corrected chi connectivity index (χ1v) is 4.26. The third-order valence-corrected chi connectivity index (χ3v) is 2.10. The van der Waals surface area contributed by atoms with Crippen LogP contribution in [0.25, 0.3) is 11.6 Å². The summed E-state index contributed by atoms with van der Waals surface area (Å²) in [7, 11) is 0. The first-order chi connectivity index (χ1) is 6.43. The standard InChI is InChI=1S/C8H8N4O/c1-2-5(1)7-11-12-8(13-7)6-3-4-9-10-6/h3-5H,1-2H2,(H,9,10). The number of aromatic amines is 1. The molecule has 0 aromatic carbocycles. The van der Waals surface area contributed by atoms with Crippen LogP contribution in [0.3, 0.4) is 0 Å². The molecule has 1 N–H and O–H groups in total. The minimum Gasteiger partial charge on any atom is -0.419 e. The molecule has 5 nitrogen and oxygen atoms in total. The lowest BCUT2D eigenvalue weighted by molar-refractivity contribution is 0.507. The van der Waals surface area contributed by atoms with E-state index in [-0.39, 0.29) is 0 Å². The molecule has 0 aliphatic heterocycles. The zero-order valence-electron chi connectivity index (χ0n) is 6.90. The number of H-pyrrole nitrogens is 1. The topological polar surface area (TPSA) is 67.6 Å². The molecular formula is C8H8N4O. The highest BCUT2D eigenvalue weighted by molar-refractivity contribution is 5.44. The Morgan fingerprint density at radius 2 is 2.31 bits per heavy atom. The third kappa shape index (κ3) is 1.12. The van der Waals surface area contributed by atoms with Crippen molar-refractivity contribution in [2.75, 3.05) is 0 Å². The molecule has 66 valence electrons. The Morgan fingerprint density at radius 3 is 3.00 bits per heavy atom. The van der Waals surface area contributed by atoms with E-state index < -0.39 is 0 Å². The van der Waals surface area contributed by atoms with Crippen molar-refractivity contribution < 1.29 is 4.42 Å². The van der Waals surface area contributed by atoms with Gasteiger partial charge in [-0.3, -0.25) is 5.10 Å². The van der Waals surface area contributed by atoms with Gasteiger partial charge in [0.1, 0.15) is 5.69 Å². The lowest BCUT2D eigenvalue weighted by Gasteiger charge is -1.85. The van der Waals surface area contributed by atoms with Gasteiger partial charge in [-0.15, -0.1) is 10.2 Å². The molecule has 1 aliphatic carbocycles. The first kappa shape index (κ1) is 6.82. The molecule has 3 rings (SSSR count). The monoisotopic (exact) mass is 176 g/mol. The summed E-state index contributed by atoms with van der Waals surface area (Å²) in [4.78, 5) is 0. The Morgan fingerprint density at radius 1 is 1.38 bits per heavy atom. The largest absolute Gasteiger partial charge is 0.419 e. The van der Waals surface area contributed by atoms with Gasteiger partial charge in [0.05, 0.1) is 0 Å². The minimum absolute atomic E-state index is 0.504. The van der Waals surface area contributed by atoms with Crippen LogP contribution in [0, 0.1) is 0 Å². The Labute approximate surface area is 74.2 Å². The summed E-state index contributed by atoms with van der Waals surface area (Å²) >= 11 is 0. The number of nitrogens with one attached hydrogen (secondary N) is 1. The van der Waals surface area contributed by atoms with Crippen LogP contribution in [-0.4, -0.2) is 20.4 Å². The van der Waals surface area contributed by atoms with Crippen LogP contribution < -0.4 is 0 Å². The predicted octanol–water partition coefficient (Wildman–Crippen LogP) is 1.34. The summed E-state index contributed by atoms with van der Waals surface area (Å²) in [5, 5.41) is 14.5. The summed E-state index contributed by atoms with van der Waals surface area (Å²) in [5.74, 6) is 1.79. The Hall–Kier alpha value is -1.65. The van der Waals surface area contributed by atoms with Crippen molar-refractivity contribution >= 4 is 0 Å². The molecule has 2 aromatic rings. The number of nitrogens with zero attached hydrogens (tertiary/aromatic N) is 3. The highest BCUT2D eigenvalue weighted by Gasteiger charge is 2.29. The number of rotatable bonds is 2. The fourth-order valence-electron chi connectivity index (χ4n) is 1.21. The van der Waals surface area contributed by atoms with Crippen LogP contribution in [0.5, 0.6) is 0 Å². The molecular weight excluding hydrogens is 168 g/mol. The predicted molar refractivity (Wildman–Crippen MR) is 43.9 cm³/mol. The highest BCUT2D eigenvalue weighted by atomic mass is 16.4. The van der Waals surface area contributed by atoms with Crippen molar-refractivity contribution in [2.45, 2.75) is 18.8 Å². The van der Waals surface area contributed by atoms with Crippen molar-refractivity contribution in [3.05, 3.63) is 18.2 Å². The summed E-state index contributed by atoms with van der Waals surface area (Å²) in [6, 6.07) is 1.81. The van der Waals surface area contributed by atoms with Gasteiger partial charge in [0.15, 0.2) is 0 Å². The van der Waals surface area contributed by atoms with E-state index in [0.29, 0.717) is 11.8 Å². The maximum absolute atomic E-state index is 5.46. The summed E-state index contributed by atoms with van der Waals surface area (Å²) in [6.07, 6.45) is 4.01. The van der Waals surface area contributed by atoms with Crippen LogP contribution in [-0.2, 0) is 0 Å². The van der Waals surface area contributed by atoms with Gasteiger partial charge >= 0.3 is 0 Å². The molecule has 0 saturated heterocycles. The maximum atomic E-state index is 5.46. The van der Waals surface area contributed by atoms with Crippen LogP contribution in [0.1, 0.15) is 24.7 Å². The van der Waals surface area contributed by atoms with Crippen LogP contribution in [0.4, 0.5) is 0 Å². The average Bonchev–Trinajstić information content (AvgIpc) is 2.72. The smallest absolute Gasteiger partial charge is 0.265 e. The third-order valence-electron chi connectivity index (χ3n) is 2.10. The molecule has 0 spiro atoms. The molecule has 1 saturated carbocycles. The van der Waals surface area contributed by atoms with Gasteiger partial charge in [-0.25, -0.2) is 0 Å². The minimum atomic E-state index is 0.504. The van der Waals surface area contributed by atoms with Gasteiger partial charge in [0.2, 0.25) is 5.89 Å². The fraction of sp³-hybridized carbons (Fsp3) is 0.375. The van der Waals surface area contributed by atoms with Crippen molar-refractivity contribution in [1.29, 1.82) is 0 Å². The van der Waals surface area contributed by atoms with E-state index in [9.17, 15) is 0 Å². The SMILES string of the molecule is c1cc(-c2nnc(C3CC3)o2)[nH]n1. The number of hydrogen-bond acceptors (Lipinski definition) is 4. The normalized spacial score (nSPS) is 16.3. The quantitative estimate of drug-likeness (QED) is 0.749. The number of aromatic nitrogens is 4. The molecule has 1 aliphatic rings. The van der Waals surface area contributed by atoms with Crippen LogP contribution >= 0.6 is 0 Å². The van der Waals surface area contributed by atoms with Crippen molar-refractivity contribution in [1.82, 2.24) is 20.4 Å². The van der Waals surface area contributed by atoms with Crippen molar-refractivity contribution in [3.63, 3.8) is 0 Å².